The van der Waals surface area contributed by atoms with Crippen molar-refractivity contribution in [2.75, 3.05) is 11.9 Å². The van der Waals surface area contributed by atoms with Crippen LogP contribution < -0.4 is 10.2 Å². The van der Waals surface area contributed by atoms with Crippen LogP contribution in [0, 0.1) is 0 Å². The largest absolute Gasteiger partial charge is 0.364 e. The molecule has 1 unspecified atom stereocenters. The van der Waals surface area contributed by atoms with Gasteiger partial charge < -0.3 is 10.2 Å². The van der Waals surface area contributed by atoms with E-state index >= 15 is 0 Å². The lowest BCUT2D eigenvalue weighted by Crippen LogP contribution is -2.51. The Morgan fingerprint density at radius 3 is 2.63 bits per heavy atom. The van der Waals surface area contributed by atoms with Gasteiger partial charge in [0, 0.05) is 23.8 Å². The van der Waals surface area contributed by atoms with Crippen LogP contribution in [0.5, 0.6) is 0 Å². The van der Waals surface area contributed by atoms with Gasteiger partial charge >= 0.3 is 0 Å². The Morgan fingerprint density at radius 2 is 2.05 bits per heavy atom. The fourth-order valence-electron chi connectivity index (χ4n) is 3.79. The number of rotatable bonds is 3. The molecule has 0 bridgehead atoms. The molecule has 2 nitrogen and oxygen atoms in total. The lowest BCUT2D eigenvalue weighted by atomic mass is 9.79. The number of hydrogen-bond donors (Lipinski definition) is 1. The first-order chi connectivity index (χ1) is 8.86. The molecule has 1 aliphatic rings. The van der Waals surface area contributed by atoms with Crippen molar-refractivity contribution in [3.8, 4) is 0 Å². The molecule has 1 aliphatic heterocycles. The molecule has 0 fully saturated rings. The summed E-state index contributed by atoms with van der Waals surface area (Å²) in [4.78, 5) is 2.59. The molecule has 0 aromatic heterocycles. The van der Waals surface area contributed by atoms with Crippen LogP contribution in [-0.4, -0.2) is 18.6 Å². The molecule has 0 spiro atoms. The number of benzene rings is 1. The summed E-state index contributed by atoms with van der Waals surface area (Å²) in [5.41, 5.74) is 4.57. The third kappa shape index (κ3) is 2.64. The fraction of sp³-hybridized carbons (Fsp3) is 0.647. The van der Waals surface area contributed by atoms with Crippen molar-refractivity contribution < 1.29 is 0 Å². The highest BCUT2D eigenvalue weighted by Gasteiger charge is 2.37. The predicted octanol–water partition coefficient (Wildman–Crippen LogP) is 3.91. The number of nitrogens with one attached hydrogen (secondary N) is 1. The first-order valence-corrected chi connectivity index (χ1v) is 7.43. The summed E-state index contributed by atoms with van der Waals surface area (Å²) >= 11 is 0. The summed E-state index contributed by atoms with van der Waals surface area (Å²) in [7, 11) is 2.01. The van der Waals surface area contributed by atoms with E-state index in [1.165, 1.54) is 23.2 Å². The van der Waals surface area contributed by atoms with E-state index in [1.54, 1.807) is 0 Å². The number of anilines is 1. The van der Waals surface area contributed by atoms with Gasteiger partial charge in [0.1, 0.15) is 0 Å². The van der Waals surface area contributed by atoms with Gasteiger partial charge in [-0.2, -0.15) is 0 Å². The maximum absolute atomic E-state index is 3.24. The van der Waals surface area contributed by atoms with Gasteiger partial charge in [-0.05, 0) is 64.3 Å². The zero-order chi connectivity index (χ0) is 14.2. The molecule has 1 aromatic rings. The summed E-state index contributed by atoms with van der Waals surface area (Å²) in [5.74, 6) is 0.636. The van der Waals surface area contributed by atoms with Crippen LogP contribution in [0.15, 0.2) is 18.2 Å². The lowest BCUT2D eigenvalue weighted by molar-refractivity contribution is 0.356. The van der Waals surface area contributed by atoms with Crippen molar-refractivity contribution in [3.63, 3.8) is 0 Å². The van der Waals surface area contributed by atoms with E-state index in [9.17, 15) is 0 Å². The van der Waals surface area contributed by atoms with Crippen LogP contribution in [0.1, 0.15) is 58.1 Å². The molecule has 19 heavy (non-hydrogen) atoms. The van der Waals surface area contributed by atoms with E-state index in [0.29, 0.717) is 12.0 Å². The summed E-state index contributed by atoms with van der Waals surface area (Å²) < 4.78 is 0. The summed E-state index contributed by atoms with van der Waals surface area (Å²) in [6.45, 7) is 12.6. The number of nitrogens with zero attached hydrogens (tertiary/aromatic N) is 1. The summed E-state index contributed by atoms with van der Waals surface area (Å²) in [6, 6.07) is 7.51. The van der Waals surface area contributed by atoms with E-state index in [0.717, 1.165) is 6.54 Å². The van der Waals surface area contributed by atoms with Crippen LogP contribution in [0.2, 0.25) is 0 Å². The van der Waals surface area contributed by atoms with Gasteiger partial charge in [0.05, 0.1) is 0 Å². The van der Waals surface area contributed by atoms with Gasteiger partial charge in [-0.15, -0.1) is 0 Å². The molecule has 0 saturated heterocycles. The van der Waals surface area contributed by atoms with Gasteiger partial charge in [0.25, 0.3) is 0 Å². The van der Waals surface area contributed by atoms with Gasteiger partial charge in [-0.1, -0.05) is 19.1 Å². The van der Waals surface area contributed by atoms with E-state index in [2.05, 4.69) is 63.0 Å². The van der Waals surface area contributed by atoms with Crippen molar-refractivity contribution in [2.45, 2.75) is 65.1 Å². The molecule has 2 heteroatoms. The molecule has 1 N–H and O–H groups in total. The standard InChI is InChI=1S/C17H28N2/c1-12(2)19-16-8-7-14(11-18-6)9-15(16)13(3)10-17(19,4)5/h7-9,12-13,18H,10-11H2,1-6H3. The van der Waals surface area contributed by atoms with Crippen LogP contribution in [0.4, 0.5) is 5.69 Å². The van der Waals surface area contributed by atoms with Crippen molar-refractivity contribution >= 4 is 5.69 Å². The molecule has 0 amide bonds. The fourth-order valence-corrected chi connectivity index (χ4v) is 3.79. The Balaban J connectivity index is 2.48. The molecule has 1 atom stereocenters. The Morgan fingerprint density at radius 1 is 1.37 bits per heavy atom. The van der Waals surface area contributed by atoms with E-state index in [4.69, 9.17) is 0 Å². The predicted molar refractivity (Wildman–Crippen MR) is 83.9 cm³/mol. The van der Waals surface area contributed by atoms with Crippen LogP contribution in [0.25, 0.3) is 0 Å². The molecule has 1 aromatic carbocycles. The average Bonchev–Trinajstić information content (AvgIpc) is 2.28. The molecule has 0 radical (unpaired) electrons. The minimum Gasteiger partial charge on any atom is -0.364 e. The molecule has 106 valence electrons. The van der Waals surface area contributed by atoms with E-state index in [1.807, 2.05) is 7.05 Å². The molecule has 0 saturated carbocycles. The Labute approximate surface area is 118 Å². The normalized spacial score (nSPS) is 21.6. The quantitative estimate of drug-likeness (QED) is 0.886. The molecular formula is C17H28N2. The smallest absolute Gasteiger partial charge is 0.0408 e. The van der Waals surface area contributed by atoms with Gasteiger partial charge in [-0.25, -0.2) is 0 Å². The Bertz CT molecular complexity index is 449. The van der Waals surface area contributed by atoms with Crippen LogP contribution in [0.3, 0.4) is 0 Å². The molecule has 2 rings (SSSR count). The monoisotopic (exact) mass is 260 g/mol. The third-order valence-corrected chi connectivity index (χ3v) is 4.24. The first-order valence-electron chi connectivity index (χ1n) is 7.43. The minimum atomic E-state index is 0.241. The SMILES string of the molecule is CNCc1ccc2c(c1)C(C)CC(C)(C)N2C(C)C. The van der Waals surface area contributed by atoms with Crippen molar-refractivity contribution in [3.05, 3.63) is 29.3 Å². The summed E-state index contributed by atoms with van der Waals surface area (Å²) in [6.07, 6.45) is 1.22. The average molecular weight is 260 g/mol. The van der Waals surface area contributed by atoms with Crippen molar-refractivity contribution in [1.82, 2.24) is 5.32 Å². The van der Waals surface area contributed by atoms with E-state index < -0.39 is 0 Å². The molecule has 1 heterocycles. The van der Waals surface area contributed by atoms with Gasteiger partial charge in [-0.3, -0.25) is 0 Å². The zero-order valence-corrected chi connectivity index (χ0v) is 13.2. The van der Waals surface area contributed by atoms with Crippen molar-refractivity contribution in [2.24, 2.45) is 0 Å². The molecular weight excluding hydrogens is 232 g/mol. The Hall–Kier alpha value is -1.02. The lowest BCUT2D eigenvalue weighted by Gasteiger charge is -2.50. The second kappa shape index (κ2) is 5.16. The highest BCUT2D eigenvalue weighted by molar-refractivity contribution is 5.61. The van der Waals surface area contributed by atoms with Gasteiger partial charge in [0.2, 0.25) is 0 Å². The highest BCUT2D eigenvalue weighted by Crippen LogP contribution is 2.44. The second-order valence-corrected chi connectivity index (χ2v) is 6.80. The minimum absolute atomic E-state index is 0.241. The number of hydrogen-bond acceptors (Lipinski definition) is 2. The first kappa shape index (κ1) is 14.4. The summed E-state index contributed by atoms with van der Waals surface area (Å²) in [5, 5.41) is 3.24. The second-order valence-electron chi connectivity index (χ2n) is 6.80. The van der Waals surface area contributed by atoms with Gasteiger partial charge in [0.15, 0.2) is 0 Å². The number of fused-ring (bicyclic) bond motifs is 1. The zero-order valence-electron chi connectivity index (χ0n) is 13.2. The Kier molecular flexibility index (Phi) is 3.91. The maximum Gasteiger partial charge on any atom is 0.0408 e. The van der Waals surface area contributed by atoms with Crippen LogP contribution >= 0.6 is 0 Å². The van der Waals surface area contributed by atoms with Crippen LogP contribution in [-0.2, 0) is 6.54 Å². The van der Waals surface area contributed by atoms with Crippen molar-refractivity contribution in [1.29, 1.82) is 0 Å². The maximum atomic E-state index is 3.24. The topological polar surface area (TPSA) is 15.3 Å². The third-order valence-electron chi connectivity index (χ3n) is 4.24. The van der Waals surface area contributed by atoms with E-state index in [-0.39, 0.29) is 5.54 Å². The molecule has 0 aliphatic carbocycles. The highest BCUT2D eigenvalue weighted by atomic mass is 15.2.